The number of hydrogen-bond donors (Lipinski definition) is 2. The van der Waals surface area contributed by atoms with Gasteiger partial charge in [0.2, 0.25) is 0 Å². The fourth-order valence-corrected chi connectivity index (χ4v) is 1.53. The molecule has 0 atom stereocenters. The van der Waals surface area contributed by atoms with Gasteiger partial charge in [-0.2, -0.15) is 5.10 Å². The topological polar surface area (TPSA) is 125 Å². The van der Waals surface area contributed by atoms with Crippen LogP contribution in [0.15, 0.2) is 18.5 Å². The molecule has 2 heterocycles. The fraction of sp³-hybridized carbons (Fsp3) is 0.300. The molecule has 3 N–H and O–H groups in total. The molecule has 0 bridgehead atoms. The van der Waals surface area contributed by atoms with E-state index in [2.05, 4.69) is 20.4 Å². The van der Waals surface area contributed by atoms with Crippen LogP contribution < -0.4 is 11.1 Å². The highest BCUT2D eigenvalue weighted by Gasteiger charge is 2.09. The van der Waals surface area contributed by atoms with Gasteiger partial charge in [-0.05, 0) is 0 Å². The van der Waals surface area contributed by atoms with Gasteiger partial charge in [0.1, 0.15) is 18.0 Å². The number of aromatic nitrogens is 4. The molecule has 0 aliphatic rings. The Kier molecular flexibility index (Phi) is 3.55. The van der Waals surface area contributed by atoms with Crippen LogP contribution in [0.5, 0.6) is 0 Å². The number of nitrogens with one attached hydrogen (secondary N) is 1. The first-order valence-electron chi connectivity index (χ1n) is 5.55. The Balaban J connectivity index is 1.97. The van der Waals surface area contributed by atoms with E-state index in [9.17, 15) is 10.1 Å². The number of anilines is 2. The highest BCUT2D eigenvalue weighted by Crippen LogP contribution is 2.18. The second-order valence-corrected chi connectivity index (χ2v) is 3.90. The van der Waals surface area contributed by atoms with Crippen molar-refractivity contribution < 1.29 is 4.92 Å². The molecule has 2 aromatic rings. The quantitative estimate of drug-likeness (QED) is 0.589. The SMILES string of the molecule is Cn1cnc(CCNc2cc([N+](=O)[O-])cc(N)n2)n1. The number of nitrogen functional groups attached to an aromatic ring is 1. The summed E-state index contributed by atoms with van der Waals surface area (Å²) in [4.78, 5) is 18.2. The Morgan fingerprint density at radius 1 is 1.53 bits per heavy atom. The maximum atomic E-state index is 10.7. The van der Waals surface area contributed by atoms with Crippen molar-refractivity contribution in [1.82, 2.24) is 19.7 Å². The zero-order chi connectivity index (χ0) is 13.8. The summed E-state index contributed by atoms with van der Waals surface area (Å²) in [6.07, 6.45) is 2.20. The van der Waals surface area contributed by atoms with E-state index in [-0.39, 0.29) is 11.5 Å². The molecule has 0 radical (unpaired) electrons. The van der Waals surface area contributed by atoms with Crippen LogP contribution in [-0.4, -0.2) is 31.2 Å². The van der Waals surface area contributed by atoms with Crippen LogP contribution in [0.25, 0.3) is 0 Å². The largest absolute Gasteiger partial charge is 0.383 e. The minimum atomic E-state index is -0.510. The molecule has 0 aliphatic heterocycles. The van der Waals surface area contributed by atoms with Crippen molar-refractivity contribution in [3.63, 3.8) is 0 Å². The average molecular weight is 263 g/mol. The highest BCUT2D eigenvalue weighted by atomic mass is 16.6. The van der Waals surface area contributed by atoms with Crippen molar-refractivity contribution >= 4 is 17.3 Å². The van der Waals surface area contributed by atoms with Gasteiger partial charge in [0.15, 0.2) is 5.82 Å². The lowest BCUT2D eigenvalue weighted by molar-refractivity contribution is -0.384. The smallest absolute Gasteiger partial charge is 0.276 e. The third-order valence-electron chi connectivity index (χ3n) is 2.34. The first kappa shape index (κ1) is 12.7. The molecule has 0 aromatic carbocycles. The number of rotatable bonds is 5. The molecule has 9 heteroatoms. The van der Waals surface area contributed by atoms with Crippen LogP contribution in [0.4, 0.5) is 17.3 Å². The number of pyridine rings is 1. The molecule has 0 unspecified atom stereocenters. The number of hydrogen-bond acceptors (Lipinski definition) is 7. The van der Waals surface area contributed by atoms with Gasteiger partial charge in [0.05, 0.1) is 17.1 Å². The molecule has 0 saturated carbocycles. The minimum Gasteiger partial charge on any atom is -0.383 e. The fourth-order valence-electron chi connectivity index (χ4n) is 1.53. The van der Waals surface area contributed by atoms with E-state index >= 15 is 0 Å². The van der Waals surface area contributed by atoms with Crippen molar-refractivity contribution in [3.8, 4) is 0 Å². The Bertz CT molecular complexity index is 595. The lowest BCUT2D eigenvalue weighted by Crippen LogP contribution is -2.09. The second kappa shape index (κ2) is 5.29. The molecule has 0 amide bonds. The van der Waals surface area contributed by atoms with Crippen LogP contribution in [-0.2, 0) is 13.5 Å². The molecule has 100 valence electrons. The predicted molar refractivity (Wildman–Crippen MR) is 68.5 cm³/mol. The summed E-state index contributed by atoms with van der Waals surface area (Å²) in [5.41, 5.74) is 5.41. The average Bonchev–Trinajstić information content (AvgIpc) is 2.74. The second-order valence-electron chi connectivity index (χ2n) is 3.90. The lowest BCUT2D eigenvalue weighted by Gasteiger charge is -2.04. The van der Waals surface area contributed by atoms with Crippen LogP contribution in [0.3, 0.4) is 0 Å². The van der Waals surface area contributed by atoms with Gasteiger partial charge < -0.3 is 11.1 Å². The van der Waals surface area contributed by atoms with E-state index in [1.165, 1.54) is 12.1 Å². The Hall–Kier alpha value is -2.71. The Morgan fingerprint density at radius 3 is 2.95 bits per heavy atom. The van der Waals surface area contributed by atoms with Gasteiger partial charge in [0.25, 0.3) is 5.69 Å². The van der Waals surface area contributed by atoms with Crippen LogP contribution in [0.1, 0.15) is 5.82 Å². The molecule has 2 aromatic heterocycles. The molecule has 0 fully saturated rings. The van der Waals surface area contributed by atoms with Crippen LogP contribution in [0.2, 0.25) is 0 Å². The van der Waals surface area contributed by atoms with Crippen molar-refractivity contribution in [2.75, 3.05) is 17.6 Å². The van der Waals surface area contributed by atoms with E-state index in [1.807, 2.05) is 0 Å². The first-order valence-corrected chi connectivity index (χ1v) is 5.55. The lowest BCUT2D eigenvalue weighted by atomic mass is 10.3. The molecule has 0 spiro atoms. The van der Waals surface area contributed by atoms with E-state index in [0.717, 1.165) is 0 Å². The molecule has 19 heavy (non-hydrogen) atoms. The van der Waals surface area contributed by atoms with Crippen LogP contribution >= 0.6 is 0 Å². The zero-order valence-electron chi connectivity index (χ0n) is 10.3. The maximum absolute atomic E-state index is 10.7. The molecular weight excluding hydrogens is 250 g/mol. The number of nitro groups is 1. The van der Waals surface area contributed by atoms with E-state index in [4.69, 9.17) is 5.73 Å². The van der Waals surface area contributed by atoms with Gasteiger partial charge in [-0.25, -0.2) is 9.97 Å². The third-order valence-corrected chi connectivity index (χ3v) is 2.34. The van der Waals surface area contributed by atoms with Crippen LogP contribution in [0, 0.1) is 10.1 Å². The summed E-state index contributed by atoms with van der Waals surface area (Å²) >= 11 is 0. The van der Waals surface area contributed by atoms with Crippen molar-refractivity contribution in [1.29, 1.82) is 0 Å². The predicted octanol–water partition coefficient (Wildman–Crippen LogP) is 0.355. The maximum Gasteiger partial charge on any atom is 0.276 e. The highest BCUT2D eigenvalue weighted by molar-refractivity contribution is 5.52. The van der Waals surface area contributed by atoms with E-state index in [0.29, 0.717) is 24.6 Å². The summed E-state index contributed by atoms with van der Waals surface area (Å²) in [7, 11) is 1.78. The summed E-state index contributed by atoms with van der Waals surface area (Å²) in [6.45, 7) is 0.512. The van der Waals surface area contributed by atoms with Crippen molar-refractivity contribution in [2.24, 2.45) is 7.05 Å². The number of nitrogens with two attached hydrogens (primary N) is 1. The molecule has 9 nitrogen and oxygen atoms in total. The van der Waals surface area contributed by atoms with Crippen molar-refractivity contribution in [2.45, 2.75) is 6.42 Å². The van der Waals surface area contributed by atoms with Gasteiger partial charge in [0, 0.05) is 20.0 Å². The standard InChI is InChI=1S/C10H13N7O2/c1-16-6-13-9(15-16)2-3-12-10-5-7(17(18)19)4-8(11)14-10/h4-6H,2-3H2,1H3,(H3,11,12,14). The summed E-state index contributed by atoms with van der Waals surface area (Å²) < 4.78 is 1.61. The third kappa shape index (κ3) is 3.37. The number of aryl methyl sites for hydroxylation is 1. The van der Waals surface area contributed by atoms with E-state index < -0.39 is 4.92 Å². The van der Waals surface area contributed by atoms with E-state index in [1.54, 1.807) is 18.1 Å². The monoisotopic (exact) mass is 263 g/mol. The summed E-state index contributed by atoms with van der Waals surface area (Å²) in [5, 5.41) is 17.7. The minimum absolute atomic E-state index is 0.0917. The first-order chi connectivity index (χ1) is 9.04. The normalized spacial score (nSPS) is 10.4. The van der Waals surface area contributed by atoms with Gasteiger partial charge in [-0.15, -0.1) is 0 Å². The molecule has 0 saturated heterocycles. The van der Waals surface area contributed by atoms with Gasteiger partial charge in [-0.1, -0.05) is 0 Å². The molecule has 0 aliphatic carbocycles. The summed E-state index contributed by atoms with van der Waals surface area (Å²) in [5.74, 6) is 1.16. The zero-order valence-corrected chi connectivity index (χ0v) is 10.3. The molecule has 2 rings (SSSR count). The van der Waals surface area contributed by atoms with Crippen molar-refractivity contribution in [3.05, 3.63) is 34.4 Å². The van der Waals surface area contributed by atoms with Gasteiger partial charge in [-0.3, -0.25) is 14.8 Å². The summed E-state index contributed by atoms with van der Waals surface area (Å²) in [6, 6.07) is 2.55. The van der Waals surface area contributed by atoms with Gasteiger partial charge >= 0.3 is 0 Å². The Morgan fingerprint density at radius 2 is 2.32 bits per heavy atom. The Labute approximate surface area is 108 Å². The number of nitrogens with zero attached hydrogens (tertiary/aromatic N) is 5. The molecular formula is C10H13N7O2.